The van der Waals surface area contributed by atoms with Crippen LogP contribution in [0.25, 0.3) is 11.3 Å². The van der Waals surface area contributed by atoms with Crippen molar-refractivity contribution in [3.63, 3.8) is 0 Å². The first-order chi connectivity index (χ1) is 19.8. The van der Waals surface area contributed by atoms with Crippen molar-refractivity contribution in [3.05, 3.63) is 59.1 Å². The van der Waals surface area contributed by atoms with E-state index < -0.39 is 29.2 Å². The van der Waals surface area contributed by atoms with Crippen LogP contribution in [-0.2, 0) is 15.7 Å². The van der Waals surface area contributed by atoms with Crippen molar-refractivity contribution in [1.29, 1.82) is 0 Å². The second-order valence-corrected chi connectivity index (χ2v) is 11.7. The van der Waals surface area contributed by atoms with Crippen molar-refractivity contribution in [3.8, 4) is 17.1 Å². The summed E-state index contributed by atoms with van der Waals surface area (Å²) in [6, 6.07) is 10.8. The van der Waals surface area contributed by atoms with Gasteiger partial charge < -0.3 is 19.1 Å². The molecule has 0 spiro atoms. The number of urea groups is 1. The average molecular weight is 604 g/mol. The standard InChI is InChI=1S/C29H29ClF3N5O4/c1-27(2)41-16-28(3,42-27)15-40-23-9-5-8-22(34-23)35-26(39)38-19-10-11-37(14-19)21-13-20(30)24(36-25(21)38)17-6-4-7-18(12-17)29(31,32)33/h4-9,12-13,19H,10-11,14-16H2,1-3H3,(H,34,35,39)/t19?,28-/m1/s1. The van der Waals surface area contributed by atoms with E-state index in [9.17, 15) is 18.0 Å². The van der Waals surface area contributed by atoms with Gasteiger partial charge in [0.25, 0.3) is 0 Å². The van der Waals surface area contributed by atoms with Gasteiger partial charge in [0.15, 0.2) is 11.6 Å². The Hall–Kier alpha value is -3.61. The number of alkyl halides is 3. The topological polar surface area (TPSA) is 89.1 Å². The number of carbonyl (C=O) groups is 1. The van der Waals surface area contributed by atoms with Gasteiger partial charge >= 0.3 is 12.2 Å². The van der Waals surface area contributed by atoms with Gasteiger partial charge in [0, 0.05) is 24.7 Å². The van der Waals surface area contributed by atoms with Crippen LogP contribution in [0.15, 0.2) is 48.5 Å². The summed E-state index contributed by atoms with van der Waals surface area (Å²) in [7, 11) is 0. The van der Waals surface area contributed by atoms with E-state index in [0.717, 1.165) is 12.1 Å². The maximum Gasteiger partial charge on any atom is 0.416 e. The molecule has 3 aliphatic heterocycles. The number of pyridine rings is 2. The monoisotopic (exact) mass is 603 g/mol. The predicted octanol–water partition coefficient (Wildman–Crippen LogP) is 6.37. The molecule has 9 nitrogen and oxygen atoms in total. The molecule has 6 rings (SSSR count). The molecule has 2 fully saturated rings. The third kappa shape index (κ3) is 5.58. The van der Waals surface area contributed by atoms with Gasteiger partial charge in [-0.25, -0.2) is 9.78 Å². The predicted molar refractivity (Wildman–Crippen MR) is 151 cm³/mol. The van der Waals surface area contributed by atoms with Crippen LogP contribution >= 0.6 is 11.6 Å². The number of anilines is 3. The largest absolute Gasteiger partial charge is 0.474 e. The summed E-state index contributed by atoms with van der Waals surface area (Å²) >= 11 is 6.54. The van der Waals surface area contributed by atoms with E-state index in [1.54, 1.807) is 24.3 Å². The molecule has 2 atom stereocenters. The smallest absolute Gasteiger partial charge is 0.416 e. The average Bonchev–Trinajstić information content (AvgIpc) is 3.48. The highest BCUT2D eigenvalue weighted by molar-refractivity contribution is 6.33. The summed E-state index contributed by atoms with van der Waals surface area (Å²) < 4.78 is 57.7. The molecule has 3 aromatic rings. The highest BCUT2D eigenvalue weighted by Gasteiger charge is 2.43. The molecule has 2 saturated heterocycles. The van der Waals surface area contributed by atoms with Crippen LogP contribution in [0.4, 0.5) is 35.3 Å². The minimum Gasteiger partial charge on any atom is -0.474 e. The fraction of sp³-hybridized carbons (Fsp3) is 0.414. The van der Waals surface area contributed by atoms with E-state index in [1.165, 1.54) is 17.0 Å². The molecular weight excluding hydrogens is 575 g/mol. The number of nitrogens with zero attached hydrogens (tertiary/aromatic N) is 4. The van der Waals surface area contributed by atoms with Gasteiger partial charge in [-0.15, -0.1) is 0 Å². The van der Waals surface area contributed by atoms with Crippen LogP contribution < -0.4 is 19.9 Å². The Kier molecular flexibility index (Phi) is 6.98. The van der Waals surface area contributed by atoms with Gasteiger partial charge in [-0.1, -0.05) is 29.8 Å². The Bertz CT molecular complexity index is 1540. The molecule has 2 bridgehead atoms. The second-order valence-electron chi connectivity index (χ2n) is 11.3. The third-order valence-electron chi connectivity index (χ3n) is 7.42. The van der Waals surface area contributed by atoms with Gasteiger partial charge in [0.1, 0.15) is 18.0 Å². The van der Waals surface area contributed by atoms with E-state index in [2.05, 4.69) is 20.2 Å². The SMILES string of the molecule is CC1(C)OC[C@@](C)(COc2cccc(NC(=O)N3c4nc(-c5cccc(C(F)(F)F)c5)c(Cl)cc4N4CCC3C4)n2)O1. The molecule has 2 amide bonds. The van der Waals surface area contributed by atoms with Crippen molar-refractivity contribution in [1.82, 2.24) is 9.97 Å². The van der Waals surface area contributed by atoms with E-state index in [4.69, 9.17) is 25.8 Å². The number of nitrogens with one attached hydrogen (secondary N) is 1. The molecule has 1 aromatic carbocycles. The quantitative estimate of drug-likeness (QED) is 0.363. The van der Waals surface area contributed by atoms with Gasteiger partial charge in [0.05, 0.1) is 34.6 Å². The van der Waals surface area contributed by atoms with Crippen LogP contribution in [0.3, 0.4) is 0 Å². The molecule has 0 radical (unpaired) electrons. The first-order valence-electron chi connectivity index (χ1n) is 13.5. The number of halogens is 4. The van der Waals surface area contributed by atoms with Crippen molar-refractivity contribution >= 4 is 35.0 Å². The summed E-state index contributed by atoms with van der Waals surface area (Å²) in [6.45, 7) is 7.38. The maximum absolute atomic E-state index is 13.7. The number of amides is 2. The number of hydrogen-bond donors (Lipinski definition) is 1. The summed E-state index contributed by atoms with van der Waals surface area (Å²) in [5, 5.41) is 3.02. The highest BCUT2D eigenvalue weighted by atomic mass is 35.5. The van der Waals surface area contributed by atoms with E-state index >= 15 is 0 Å². The summed E-state index contributed by atoms with van der Waals surface area (Å²) in [6.07, 6.45) is -3.83. The zero-order valence-corrected chi connectivity index (χ0v) is 23.9. The van der Waals surface area contributed by atoms with E-state index in [1.807, 2.05) is 20.8 Å². The minimum absolute atomic E-state index is 0.158. The summed E-state index contributed by atoms with van der Waals surface area (Å²) in [4.78, 5) is 26.4. The number of ether oxygens (including phenoxy) is 3. The van der Waals surface area contributed by atoms with Crippen LogP contribution in [0.5, 0.6) is 5.88 Å². The van der Waals surface area contributed by atoms with E-state index in [0.29, 0.717) is 43.5 Å². The zero-order valence-electron chi connectivity index (χ0n) is 23.2. The lowest BCUT2D eigenvalue weighted by Gasteiger charge is -2.36. The van der Waals surface area contributed by atoms with Crippen molar-refractivity contribution in [2.45, 2.75) is 50.8 Å². The minimum atomic E-state index is -4.52. The Balaban J connectivity index is 1.25. The Morgan fingerprint density at radius 3 is 2.69 bits per heavy atom. The van der Waals surface area contributed by atoms with Gasteiger partial charge in [0.2, 0.25) is 5.88 Å². The molecule has 13 heteroatoms. The van der Waals surface area contributed by atoms with Gasteiger partial charge in [-0.2, -0.15) is 18.2 Å². The molecular formula is C29H29ClF3N5O4. The Labute approximate surface area is 245 Å². The lowest BCUT2D eigenvalue weighted by atomic mass is 10.1. The summed E-state index contributed by atoms with van der Waals surface area (Å²) in [5.74, 6) is 0.173. The van der Waals surface area contributed by atoms with Crippen molar-refractivity contribution in [2.24, 2.45) is 0 Å². The van der Waals surface area contributed by atoms with Crippen LogP contribution in [0.2, 0.25) is 5.02 Å². The molecule has 0 saturated carbocycles. The molecule has 0 aliphatic carbocycles. The number of rotatable bonds is 5. The molecule has 3 aliphatic rings. The fourth-order valence-corrected chi connectivity index (χ4v) is 5.80. The Morgan fingerprint density at radius 1 is 1.17 bits per heavy atom. The number of hydrogen-bond acceptors (Lipinski definition) is 7. The fourth-order valence-electron chi connectivity index (χ4n) is 5.54. The zero-order chi connectivity index (χ0) is 29.9. The molecule has 1 unspecified atom stereocenters. The maximum atomic E-state index is 13.7. The van der Waals surface area contributed by atoms with Crippen molar-refractivity contribution in [2.75, 3.05) is 41.4 Å². The second kappa shape index (κ2) is 10.3. The van der Waals surface area contributed by atoms with E-state index in [-0.39, 0.29) is 34.7 Å². The molecule has 42 heavy (non-hydrogen) atoms. The van der Waals surface area contributed by atoms with Gasteiger partial charge in [-0.3, -0.25) is 10.2 Å². The number of benzene rings is 1. The van der Waals surface area contributed by atoms with Crippen molar-refractivity contribution < 1.29 is 32.2 Å². The molecule has 1 N–H and O–H groups in total. The van der Waals surface area contributed by atoms with Crippen LogP contribution in [-0.4, -0.2) is 59.7 Å². The normalized spacial score (nSPS) is 22.7. The Morgan fingerprint density at radius 2 is 1.95 bits per heavy atom. The molecule has 2 aromatic heterocycles. The molecule has 222 valence electrons. The lowest BCUT2D eigenvalue weighted by molar-refractivity contribution is -0.163. The first kappa shape index (κ1) is 28.5. The lowest BCUT2D eigenvalue weighted by Crippen LogP contribution is -2.48. The third-order valence-corrected chi connectivity index (χ3v) is 7.71. The number of carbonyl (C=O) groups excluding carboxylic acids is 1. The first-order valence-corrected chi connectivity index (χ1v) is 13.9. The number of fused-ring (bicyclic) bond motifs is 4. The van der Waals surface area contributed by atoms with Crippen LogP contribution in [0, 0.1) is 0 Å². The van der Waals surface area contributed by atoms with Gasteiger partial charge in [-0.05, 0) is 51.5 Å². The molecule has 5 heterocycles. The summed E-state index contributed by atoms with van der Waals surface area (Å²) in [5.41, 5.74) is -0.469. The highest BCUT2D eigenvalue weighted by Crippen LogP contribution is 2.44. The van der Waals surface area contributed by atoms with Crippen LogP contribution in [0.1, 0.15) is 32.8 Å². The number of aromatic nitrogens is 2.